The summed E-state index contributed by atoms with van der Waals surface area (Å²) in [6, 6.07) is 10.8. The molecule has 2 atom stereocenters. The van der Waals surface area contributed by atoms with Crippen LogP contribution in [0.4, 0.5) is 0 Å². The van der Waals surface area contributed by atoms with Crippen LogP contribution in [0.15, 0.2) is 30.3 Å². The van der Waals surface area contributed by atoms with E-state index in [1.54, 1.807) is 4.68 Å². The van der Waals surface area contributed by atoms with Crippen LogP contribution in [-0.2, 0) is 13.6 Å². The quantitative estimate of drug-likeness (QED) is 0.866. The molecule has 1 aromatic carbocycles. The van der Waals surface area contributed by atoms with Crippen molar-refractivity contribution in [1.82, 2.24) is 20.0 Å². The highest BCUT2D eigenvalue weighted by molar-refractivity contribution is 5.92. The minimum absolute atomic E-state index is 0.0392. The molecule has 114 valence electrons. The van der Waals surface area contributed by atoms with Crippen LogP contribution in [0.2, 0.25) is 0 Å². The number of fused-ring (bicyclic) bond motifs is 3. The Kier molecular flexibility index (Phi) is 3.04. The highest BCUT2D eigenvalue weighted by Crippen LogP contribution is 2.34. The van der Waals surface area contributed by atoms with Gasteiger partial charge in [0.05, 0.1) is 0 Å². The van der Waals surface area contributed by atoms with Gasteiger partial charge in [0.1, 0.15) is 0 Å². The second-order valence-electron chi connectivity index (χ2n) is 6.30. The molecule has 1 amide bonds. The topological polar surface area (TPSA) is 50.2 Å². The van der Waals surface area contributed by atoms with Gasteiger partial charge in [0.25, 0.3) is 5.91 Å². The van der Waals surface area contributed by atoms with Crippen molar-refractivity contribution in [3.63, 3.8) is 0 Å². The molecule has 0 saturated carbocycles. The number of amides is 1. The molecular formula is C17H20N4O. The number of carbonyl (C=O) groups is 1. The molecule has 4 rings (SSSR count). The minimum Gasteiger partial charge on any atom is -0.335 e. The van der Waals surface area contributed by atoms with Crippen LogP contribution in [0.25, 0.3) is 0 Å². The summed E-state index contributed by atoms with van der Waals surface area (Å²) < 4.78 is 1.75. The maximum Gasteiger partial charge on any atom is 0.274 e. The highest BCUT2D eigenvalue weighted by atomic mass is 16.2. The van der Waals surface area contributed by atoms with E-state index in [0.717, 1.165) is 25.3 Å². The molecule has 22 heavy (non-hydrogen) atoms. The number of benzene rings is 1. The first-order valence-electron chi connectivity index (χ1n) is 7.74. The van der Waals surface area contributed by atoms with Crippen molar-refractivity contribution in [2.45, 2.75) is 25.4 Å². The number of nitrogens with zero attached hydrogens (tertiary/aromatic N) is 3. The molecule has 0 unspecified atom stereocenters. The van der Waals surface area contributed by atoms with Crippen LogP contribution in [-0.4, -0.2) is 39.7 Å². The molecule has 5 nitrogen and oxygen atoms in total. The summed E-state index contributed by atoms with van der Waals surface area (Å²) in [6.07, 6.45) is 0. The number of carbonyl (C=O) groups excluding carboxylic acids is 1. The second-order valence-corrected chi connectivity index (χ2v) is 6.30. The van der Waals surface area contributed by atoms with Gasteiger partial charge < -0.3 is 10.2 Å². The fourth-order valence-electron chi connectivity index (χ4n) is 3.62. The number of rotatable bonds is 1. The zero-order valence-corrected chi connectivity index (χ0v) is 12.9. The molecule has 0 radical (unpaired) electrons. The fraction of sp³-hybridized carbons (Fsp3) is 0.412. The lowest BCUT2D eigenvalue weighted by atomic mass is 9.87. The Morgan fingerprint density at radius 3 is 2.91 bits per heavy atom. The van der Waals surface area contributed by atoms with Gasteiger partial charge in [-0.2, -0.15) is 5.10 Å². The summed E-state index contributed by atoms with van der Waals surface area (Å²) in [4.78, 5) is 14.6. The average Bonchev–Trinajstić information content (AvgIpc) is 3.11. The molecular weight excluding hydrogens is 276 g/mol. The lowest BCUT2D eigenvalue weighted by Crippen LogP contribution is -2.39. The van der Waals surface area contributed by atoms with Crippen molar-refractivity contribution in [3.8, 4) is 0 Å². The normalized spacial score (nSPS) is 23.3. The second kappa shape index (κ2) is 4.95. The SMILES string of the molecule is Cc1cc(C(=O)N2C[C@@H]3NCc4ccccc4[C@@H]3C2)nn1C. The molecule has 0 spiro atoms. The maximum absolute atomic E-state index is 12.7. The van der Waals surface area contributed by atoms with E-state index in [1.807, 2.05) is 24.9 Å². The maximum atomic E-state index is 12.7. The minimum atomic E-state index is 0.0392. The van der Waals surface area contributed by atoms with Crippen molar-refractivity contribution in [1.29, 1.82) is 0 Å². The van der Waals surface area contributed by atoms with Crippen molar-refractivity contribution in [3.05, 3.63) is 52.8 Å². The van der Waals surface area contributed by atoms with E-state index >= 15 is 0 Å². The van der Waals surface area contributed by atoms with E-state index in [0.29, 0.717) is 17.7 Å². The van der Waals surface area contributed by atoms with Gasteiger partial charge in [-0.25, -0.2) is 0 Å². The van der Waals surface area contributed by atoms with E-state index in [-0.39, 0.29) is 5.91 Å². The molecule has 2 aliphatic heterocycles. The van der Waals surface area contributed by atoms with E-state index in [4.69, 9.17) is 0 Å². The summed E-state index contributed by atoms with van der Waals surface area (Å²) in [5.41, 5.74) is 4.29. The zero-order chi connectivity index (χ0) is 15.3. The van der Waals surface area contributed by atoms with Gasteiger partial charge in [0.15, 0.2) is 5.69 Å². The first-order valence-corrected chi connectivity index (χ1v) is 7.74. The van der Waals surface area contributed by atoms with E-state index in [1.165, 1.54) is 11.1 Å². The van der Waals surface area contributed by atoms with Crippen LogP contribution < -0.4 is 5.32 Å². The lowest BCUT2D eigenvalue weighted by molar-refractivity contribution is 0.0781. The van der Waals surface area contributed by atoms with Gasteiger partial charge >= 0.3 is 0 Å². The van der Waals surface area contributed by atoms with Crippen LogP contribution in [0.3, 0.4) is 0 Å². The summed E-state index contributed by atoms with van der Waals surface area (Å²) in [7, 11) is 1.87. The summed E-state index contributed by atoms with van der Waals surface area (Å²) in [5, 5.41) is 7.89. The molecule has 1 fully saturated rings. The number of hydrogen-bond acceptors (Lipinski definition) is 3. The van der Waals surface area contributed by atoms with Crippen LogP contribution in [0.1, 0.15) is 33.2 Å². The molecule has 1 N–H and O–H groups in total. The van der Waals surface area contributed by atoms with Crippen LogP contribution >= 0.6 is 0 Å². The van der Waals surface area contributed by atoms with Crippen molar-refractivity contribution in [2.24, 2.45) is 7.05 Å². The predicted molar refractivity (Wildman–Crippen MR) is 83.7 cm³/mol. The largest absolute Gasteiger partial charge is 0.335 e. The Morgan fingerprint density at radius 1 is 1.32 bits per heavy atom. The number of likely N-dealkylation sites (tertiary alicyclic amines) is 1. The molecule has 0 bridgehead atoms. The van der Waals surface area contributed by atoms with Gasteiger partial charge in [-0.05, 0) is 24.1 Å². The van der Waals surface area contributed by atoms with Gasteiger partial charge in [0, 0.05) is 44.3 Å². The third-order valence-corrected chi connectivity index (χ3v) is 4.95. The highest BCUT2D eigenvalue weighted by Gasteiger charge is 2.39. The van der Waals surface area contributed by atoms with Gasteiger partial charge in [-0.1, -0.05) is 24.3 Å². The van der Waals surface area contributed by atoms with Crippen molar-refractivity contribution >= 4 is 5.91 Å². The Bertz CT molecular complexity index is 717. The smallest absolute Gasteiger partial charge is 0.274 e. The lowest BCUT2D eigenvalue weighted by Gasteiger charge is -2.28. The third kappa shape index (κ3) is 2.04. The molecule has 5 heteroatoms. The predicted octanol–water partition coefficient (Wildman–Crippen LogP) is 1.44. The number of hydrogen-bond donors (Lipinski definition) is 1. The Labute approximate surface area is 129 Å². The number of aromatic nitrogens is 2. The average molecular weight is 296 g/mol. The van der Waals surface area contributed by atoms with Crippen molar-refractivity contribution < 1.29 is 4.79 Å². The van der Waals surface area contributed by atoms with E-state index < -0.39 is 0 Å². The summed E-state index contributed by atoms with van der Waals surface area (Å²) >= 11 is 0. The molecule has 1 aromatic heterocycles. The first-order chi connectivity index (χ1) is 10.6. The Morgan fingerprint density at radius 2 is 2.14 bits per heavy atom. The van der Waals surface area contributed by atoms with E-state index in [2.05, 4.69) is 34.7 Å². The van der Waals surface area contributed by atoms with Gasteiger partial charge in [-0.15, -0.1) is 0 Å². The number of nitrogens with one attached hydrogen (secondary N) is 1. The first kappa shape index (κ1) is 13.5. The Hall–Kier alpha value is -2.14. The standard InChI is InChI=1S/C17H20N4O/c1-11-7-15(19-20(11)2)17(22)21-9-14-13-6-4-3-5-12(13)8-18-16(14)10-21/h3-7,14,16,18H,8-10H2,1-2H3/t14-,16-/m0/s1. The van der Waals surface area contributed by atoms with E-state index in [9.17, 15) is 4.79 Å². The van der Waals surface area contributed by atoms with Crippen molar-refractivity contribution in [2.75, 3.05) is 13.1 Å². The van der Waals surface area contributed by atoms with Crippen LogP contribution in [0.5, 0.6) is 0 Å². The Balaban J connectivity index is 1.59. The zero-order valence-electron chi connectivity index (χ0n) is 12.9. The fourth-order valence-corrected chi connectivity index (χ4v) is 3.62. The molecule has 1 saturated heterocycles. The molecule has 0 aliphatic carbocycles. The summed E-state index contributed by atoms with van der Waals surface area (Å²) in [6.45, 7) is 4.38. The van der Waals surface area contributed by atoms with Gasteiger partial charge in [0.2, 0.25) is 0 Å². The third-order valence-electron chi connectivity index (χ3n) is 4.95. The molecule has 2 aliphatic rings. The number of aryl methyl sites for hydroxylation is 2. The molecule has 3 heterocycles. The monoisotopic (exact) mass is 296 g/mol. The molecule has 2 aromatic rings. The van der Waals surface area contributed by atoms with Crippen LogP contribution in [0, 0.1) is 6.92 Å². The summed E-state index contributed by atoms with van der Waals surface area (Å²) in [5.74, 6) is 0.427. The van der Waals surface area contributed by atoms with Gasteiger partial charge in [-0.3, -0.25) is 9.48 Å².